The van der Waals surface area contributed by atoms with Crippen LogP contribution in [0.2, 0.25) is 10.0 Å². The normalized spacial score (nSPS) is 23.3. The lowest BCUT2D eigenvalue weighted by atomic mass is 9.99. The third-order valence-electron chi connectivity index (χ3n) is 3.59. The van der Waals surface area contributed by atoms with Crippen LogP contribution in [-0.4, -0.2) is 29.4 Å². The molecule has 3 nitrogen and oxygen atoms in total. The van der Waals surface area contributed by atoms with Gasteiger partial charge in [0, 0.05) is 24.7 Å². The highest BCUT2D eigenvalue weighted by molar-refractivity contribution is 6.42. The number of amides is 1. The lowest BCUT2D eigenvalue weighted by Crippen LogP contribution is -2.47. The summed E-state index contributed by atoms with van der Waals surface area (Å²) in [5.74, 6) is -0.0135. The molecule has 0 spiro atoms. The molecule has 1 aliphatic rings. The average Bonchev–Trinajstić information content (AvgIpc) is 2.40. The number of halogens is 2. The second-order valence-electron chi connectivity index (χ2n) is 5.14. The Kier molecular flexibility index (Phi) is 5.08. The fraction of sp³-hybridized carbons (Fsp3) is 0.400. The van der Waals surface area contributed by atoms with Crippen molar-refractivity contribution in [1.29, 1.82) is 0 Å². The zero-order chi connectivity index (χ0) is 14.7. The topological polar surface area (TPSA) is 46.3 Å². The Morgan fingerprint density at radius 3 is 2.90 bits per heavy atom. The standard InChI is InChI=1S/C15H18Cl2N2O/c1-10-9-12(18)7-8-19(10)14(20)6-5-11-3-2-4-13(16)15(11)17/h2-6,10,12H,7-9,18H2,1H3/b6-5+. The summed E-state index contributed by atoms with van der Waals surface area (Å²) in [6.45, 7) is 2.73. The number of benzene rings is 1. The minimum atomic E-state index is -0.0135. The summed E-state index contributed by atoms with van der Waals surface area (Å²) >= 11 is 12.0. The Hall–Kier alpha value is -1.03. The van der Waals surface area contributed by atoms with Crippen molar-refractivity contribution in [3.8, 4) is 0 Å². The molecular weight excluding hydrogens is 295 g/mol. The number of carbonyl (C=O) groups excluding carboxylic acids is 1. The van der Waals surface area contributed by atoms with Crippen LogP contribution in [0.5, 0.6) is 0 Å². The van der Waals surface area contributed by atoms with Crippen LogP contribution in [0.1, 0.15) is 25.3 Å². The molecule has 20 heavy (non-hydrogen) atoms. The third kappa shape index (κ3) is 3.54. The molecule has 0 aliphatic carbocycles. The molecule has 2 unspecified atom stereocenters. The van der Waals surface area contributed by atoms with Gasteiger partial charge in [0.25, 0.3) is 0 Å². The number of nitrogens with zero attached hydrogens (tertiary/aromatic N) is 1. The summed E-state index contributed by atoms with van der Waals surface area (Å²) in [6, 6.07) is 5.72. The highest BCUT2D eigenvalue weighted by Gasteiger charge is 2.25. The van der Waals surface area contributed by atoms with E-state index in [0.29, 0.717) is 16.6 Å². The van der Waals surface area contributed by atoms with Crippen molar-refractivity contribution in [3.63, 3.8) is 0 Å². The van der Waals surface area contributed by atoms with E-state index < -0.39 is 0 Å². The molecule has 2 rings (SSSR count). The maximum Gasteiger partial charge on any atom is 0.246 e. The summed E-state index contributed by atoms with van der Waals surface area (Å²) in [4.78, 5) is 14.1. The molecule has 0 aromatic heterocycles. The molecule has 1 heterocycles. The third-order valence-corrected chi connectivity index (χ3v) is 4.42. The van der Waals surface area contributed by atoms with Crippen LogP contribution in [0.4, 0.5) is 0 Å². The van der Waals surface area contributed by atoms with E-state index in [0.717, 1.165) is 18.4 Å². The Balaban J connectivity index is 2.07. The van der Waals surface area contributed by atoms with Crippen molar-refractivity contribution >= 4 is 35.2 Å². The summed E-state index contributed by atoms with van der Waals surface area (Å²) < 4.78 is 0. The van der Waals surface area contributed by atoms with Gasteiger partial charge in [-0.25, -0.2) is 0 Å². The fourth-order valence-corrected chi connectivity index (χ4v) is 2.81. The first kappa shape index (κ1) is 15.4. The van der Waals surface area contributed by atoms with Crippen LogP contribution in [0.3, 0.4) is 0 Å². The number of nitrogens with two attached hydrogens (primary N) is 1. The van der Waals surface area contributed by atoms with Crippen molar-refractivity contribution in [2.75, 3.05) is 6.54 Å². The van der Waals surface area contributed by atoms with Gasteiger partial charge in [0.2, 0.25) is 5.91 Å². The molecule has 1 saturated heterocycles. The maximum absolute atomic E-state index is 12.2. The van der Waals surface area contributed by atoms with E-state index in [1.807, 2.05) is 17.9 Å². The van der Waals surface area contributed by atoms with Crippen LogP contribution in [0.15, 0.2) is 24.3 Å². The molecule has 1 aliphatic heterocycles. The number of rotatable bonds is 2. The SMILES string of the molecule is CC1CC(N)CCN1C(=O)/C=C/c1cccc(Cl)c1Cl. The van der Waals surface area contributed by atoms with Crippen molar-refractivity contribution < 1.29 is 4.79 Å². The lowest BCUT2D eigenvalue weighted by molar-refractivity contribution is -0.129. The highest BCUT2D eigenvalue weighted by atomic mass is 35.5. The highest BCUT2D eigenvalue weighted by Crippen LogP contribution is 2.26. The van der Waals surface area contributed by atoms with Crippen LogP contribution in [0.25, 0.3) is 6.08 Å². The molecule has 1 aromatic carbocycles. The number of piperidine rings is 1. The van der Waals surface area contributed by atoms with Gasteiger partial charge >= 0.3 is 0 Å². The van der Waals surface area contributed by atoms with Gasteiger partial charge in [-0.1, -0.05) is 35.3 Å². The minimum absolute atomic E-state index is 0.0135. The van der Waals surface area contributed by atoms with Gasteiger partial charge in [0.15, 0.2) is 0 Å². The molecule has 1 amide bonds. The monoisotopic (exact) mass is 312 g/mol. The van der Waals surface area contributed by atoms with Gasteiger partial charge in [0.05, 0.1) is 10.0 Å². The number of hydrogen-bond donors (Lipinski definition) is 1. The largest absolute Gasteiger partial charge is 0.336 e. The minimum Gasteiger partial charge on any atom is -0.336 e. The zero-order valence-electron chi connectivity index (χ0n) is 11.4. The lowest BCUT2D eigenvalue weighted by Gasteiger charge is -2.35. The summed E-state index contributed by atoms with van der Waals surface area (Å²) in [5.41, 5.74) is 6.65. The molecule has 1 fully saturated rings. The van der Waals surface area contributed by atoms with Crippen molar-refractivity contribution in [2.45, 2.75) is 31.8 Å². The Labute approximate surface area is 129 Å². The van der Waals surface area contributed by atoms with E-state index in [4.69, 9.17) is 28.9 Å². The first-order valence-corrected chi connectivity index (χ1v) is 7.43. The second kappa shape index (κ2) is 6.61. The average molecular weight is 313 g/mol. The van der Waals surface area contributed by atoms with E-state index in [1.54, 1.807) is 24.3 Å². The number of likely N-dealkylation sites (tertiary alicyclic amines) is 1. The first-order valence-electron chi connectivity index (χ1n) is 6.67. The van der Waals surface area contributed by atoms with E-state index in [-0.39, 0.29) is 18.0 Å². The molecule has 0 saturated carbocycles. The van der Waals surface area contributed by atoms with E-state index in [9.17, 15) is 4.79 Å². The van der Waals surface area contributed by atoms with E-state index >= 15 is 0 Å². The van der Waals surface area contributed by atoms with Gasteiger partial charge in [-0.3, -0.25) is 4.79 Å². The van der Waals surface area contributed by atoms with Crippen LogP contribution < -0.4 is 5.73 Å². The van der Waals surface area contributed by atoms with Gasteiger partial charge in [-0.2, -0.15) is 0 Å². The molecule has 1 aromatic rings. The summed E-state index contributed by atoms with van der Waals surface area (Å²) in [5, 5.41) is 0.950. The number of carbonyl (C=O) groups is 1. The molecular formula is C15H18Cl2N2O. The van der Waals surface area contributed by atoms with Gasteiger partial charge in [-0.05, 0) is 37.5 Å². The van der Waals surface area contributed by atoms with Crippen molar-refractivity contribution in [3.05, 3.63) is 39.9 Å². The van der Waals surface area contributed by atoms with Crippen LogP contribution >= 0.6 is 23.2 Å². The van der Waals surface area contributed by atoms with Crippen molar-refractivity contribution in [2.24, 2.45) is 5.73 Å². The predicted octanol–water partition coefficient (Wildman–Crippen LogP) is 3.34. The number of hydrogen-bond acceptors (Lipinski definition) is 2. The van der Waals surface area contributed by atoms with E-state index in [2.05, 4.69) is 0 Å². The summed E-state index contributed by atoms with van der Waals surface area (Å²) in [6.07, 6.45) is 4.95. The van der Waals surface area contributed by atoms with Crippen molar-refractivity contribution in [1.82, 2.24) is 4.90 Å². The molecule has 5 heteroatoms. The smallest absolute Gasteiger partial charge is 0.246 e. The molecule has 0 radical (unpaired) electrons. The quantitative estimate of drug-likeness (QED) is 0.851. The molecule has 2 N–H and O–H groups in total. The van der Waals surface area contributed by atoms with Gasteiger partial charge in [0.1, 0.15) is 0 Å². The Morgan fingerprint density at radius 2 is 2.20 bits per heavy atom. The van der Waals surface area contributed by atoms with Crippen LogP contribution in [-0.2, 0) is 4.79 Å². The van der Waals surface area contributed by atoms with Gasteiger partial charge in [-0.15, -0.1) is 0 Å². The Morgan fingerprint density at radius 1 is 1.45 bits per heavy atom. The molecule has 2 atom stereocenters. The predicted molar refractivity (Wildman–Crippen MR) is 83.9 cm³/mol. The maximum atomic E-state index is 12.2. The molecule has 0 bridgehead atoms. The fourth-order valence-electron chi connectivity index (χ4n) is 2.44. The van der Waals surface area contributed by atoms with E-state index in [1.165, 1.54) is 0 Å². The van der Waals surface area contributed by atoms with Gasteiger partial charge < -0.3 is 10.6 Å². The molecule has 108 valence electrons. The second-order valence-corrected chi connectivity index (χ2v) is 5.93. The summed E-state index contributed by atoms with van der Waals surface area (Å²) in [7, 11) is 0. The first-order chi connectivity index (χ1) is 9.49. The zero-order valence-corrected chi connectivity index (χ0v) is 12.9. The van der Waals surface area contributed by atoms with Crippen LogP contribution in [0, 0.1) is 0 Å². The Bertz CT molecular complexity index is 531.